The minimum Gasteiger partial charge on any atom is -0.379 e. The van der Waals surface area contributed by atoms with Crippen molar-refractivity contribution in [3.8, 4) is 0 Å². The van der Waals surface area contributed by atoms with Crippen LogP contribution in [0.15, 0.2) is 24.3 Å². The smallest absolute Gasteiger partial charge is 0.256 e. The van der Waals surface area contributed by atoms with Gasteiger partial charge in [-0.05, 0) is 36.4 Å². The summed E-state index contributed by atoms with van der Waals surface area (Å²) in [6.45, 7) is 8.71. The Kier molecular flexibility index (Phi) is 5.59. The van der Waals surface area contributed by atoms with Crippen molar-refractivity contribution in [3.05, 3.63) is 35.4 Å². The van der Waals surface area contributed by atoms with Gasteiger partial charge in [0.1, 0.15) is 0 Å². The van der Waals surface area contributed by atoms with Crippen molar-refractivity contribution in [1.29, 1.82) is 0 Å². The van der Waals surface area contributed by atoms with Crippen LogP contribution in [0.2, 0.25) is 0 Å². The molecule has 22 heavy (non-hydrogen) atoms. The first-order chi connectivity index (χ1) is 10.5. The molecule has 1 aliphatic rings. The van der Waals surface area contributed by atoms with Crippen molar-refractivity contribution in [2.24, 2.45) is 0 Å². The maximum atomic E-state index is 12.6. The summed E-state index contributed by atoms with van der Waals surface area (Å²) < 4.78 is 0. The molecule has 1 aromatic carbocycles. The highest BCUT2D eigenvalue weighted by Gasteiger charge is 2.41. The molecule has 122 valence electrons. The van der Waals surface area contributed by atoms with Crippen molar-refractivity contribution >= 4 is 5.91 Å². The minimum absolute atomic E-state index is 0.146. The van der Waals surface area contributed by atoms with Gasteiger partial charge in [-0.15, -0.1) is 0 Å². The number of hydrogen-bond donors (Lipinski definition) is 2. The Morgan fingerprint density at radius 2 is 2.00 bits per heavy atom. The second-order valence-electron chi connectivity index (χ2n) is 6.54. The monoisotopic (exact) mass is 304 g/mol. The van der Waals surface area contributed by atoms with Crippen molar-refractivity contribution in [2.45, 2.75) is 51.7 Å². The Hall–Kier alpha value is -1.39. The first kappa shape index (κ1) is 17.0. The number of hydrogen-bond acceptors (Lipinski definition) is 3. The SMILES string of the molecule is CCNCC1(O)CCCN(Cc2ccc(C(C)C)cc2)C1=O. The van der Waals surface area contributed by atoms with Crippen LogP contribution in [0.4, 0.5) is 0 Å². The molecule has 1 aromatic rings. The standard InChI is InChI=1S/C18H28N2O2/c1-4-19-13-18(22)10-5-11-20(17(18)21)12-15-6-8-16(9-7-15)14(2)3/h6-9,14,19,22H,4-5,10-13H2,1-3H3. The minimum atomic E-state index is -1.24. The average molecular weight is 304 g/mol. The van der Waals surface area contributed by atoms with Gasteiger partial charge < -0.3 is 15.3 Å². The van der Waals surface area contributed by atoms with E-state index in [2.05, 4.69) is 43.4 Å². The zero-order valence-corrected chi connectivity index (χ0v) is 13.9. The summed E-state index contributed by atoms with van der Waals surface area (Å²) in [6.07, 6.45) is 1.39. The number of benzene rings is 1. The number of carbonyl (C=O) groups is 1. The van der Waals surface area contributed by atoms with Crippen molar-refractivity contribution < 1.29 is 9.90 Å². The Labute approximate surface area is 133 Å². The third-order valence-electron chi connectivity index (χ3n) is 4.39. The van der Waals surface area contributed by atoms with E-state index in [0.29, 0.717) is 25.4 Å². The highest BCUT2D eigenvalue weighted by Crippen LogP contribution is 2.24. The number of rotatable bonds is 6. The normalized spacial score (nSPS) is 22.4. The molecule has 0 bridgehead atoms. The fourth-order valence-electron chi connectivity index (χ4n) is 2.94. The number of carbonyl (C=O) groups excluding carboxylic acids is 1. The van der Waals surface area contributed by atoms with Gasteiger partial charge in [0, 0.05) is 19.6 Å². The zero-order valence-electron chi connectivity index (χ0n) is 13.9. The Balaban J connectivity index is 2.04. The largest absolute Gasteiger partial charge is 0.379 e. The summed E-state index contributed by atoms with van der Waals surface area (Å²) >= 11 is 0. The quantitative estimate of drug-likeness (QED) is 0.848. The topological polar surface area (TPSA) is 52.6 Å². The second kappa shape index (κ2) is 7.25. The van der Waals surface area contributed by atoms with Crippen LogP contribution in [0.3, 0.4) is 0 Å². The van der Waals surface area contributed by atoms with E-state index in [9.17, 15) is 9.90 Å². The van der Waals surface area contributed by atoms with Gasteiger partial charge >= 0.3 is 0 Å². The summed E-state index contributed by atoms with van der Waals surface area (Å²) in [6, 6.07) is 8.42. The second-order valence-corrected chi connectivity index (χ2v) is 6.54. The molecule has 2 rings (SSSR count). The van der Waals surface area contributed by atoms with Gasteiger partial charge in [-0.1, -0.05) is 45.0 Å². The number of likely N-dealkylation sites (N-methyl/N-ethyl adjacent to an activating group) is 1. The molecular formula is C18H28N2O2. The van der Waals surface area contributed by atoms with E-state index >= 15 is 0 Å². The number of nitrogens with zero attached hydrogens (tertiary/aromatic N) is 1. The molecule has 0 radical (unpaired) electrons. The molecule has 1 saturated heterocycles. The third kappa shape index (κ3) is 3.87. The molecule has 1 atom stereocenters. The van der Waals surface area contributed by atoms with E-state index < -0.39 is 5.60 Å². The van der Waals surface area contributed by atoms with Crippen molar-refractivity contribution in [2.75, 3.05) is 19.6 Å². The lowest BCUT2D eigenvalue weighted by atomic mass is 9.91. The van der Waals surface area contributed by atoms with Gasteiger partial charge in [-0.3, -0.25) is 4.79 Å². The first-order valence-electron chi connectivity index (χ1n) is 8.27. The lowest BCUT2D eigenvalue weighted by Gasteiger charge is -2.38. The van der Waals surface area contributed by atoms with E-state index in [4.69, 9.17) is 0 Å². The summed E-state index contributed by atoms with van der Waals surface area (Å²) in [5.41, 5.74) is 1.18. The van der Waals surface area contributed by atoms with Gasteiger partial charge in [0.05, 0.1) is 0 Å². The maximum Gasteiger partial charge on any atom is 0.256 e. The molecule has 0 aromatic heterocycles. The number of piperidine rings is 1. The lowest BCUT2D eigenvalue weighted by molar-refractivity contribution is -0.157. The van der Waals surface area contributed by atoms with Crippen LogP contribution in [0, 0.1) is 0 Å². The molecule has 1 heterocycles. The van der Waals surface area contributed by atoms with Crippen molar-refractivity contribution in [3.63, 3.8) is 0 Å². The maximum absolute atomic E-state index is 12.6. The number of nitrogens with one attached hydrogen (secondary N) is 1. The van der Waals surface area contributed by atoms with Gasteiger partial charge in [0.15, 0.2) is 5.60 Å². The zero-order chi connectivity index (χ0) is 16.2. The molecule has 4 nitrogen and oxygen atoms in total. The van der Waals surface area contributed by atoms with Crippen LogP contribution >= 0.6 is 0 Å². The van der Waals surface area contributed by atoms with Crippen molar-refractivity contribution in [1.82, 2.24) is 10.2 Å². The van der Waals surface area contributed by atoms with Crippen LogP contribution in [-0.2, 0) is 11.3 Å². The predicted octanol–water partition coefficient (Wildman–Crippen LogP) is 2.27. The van der Waals surface area contributed by atoms with Gasteiger partial charge in [0.25, 0.3) is 5.91 Å². The van der Waals surface area contributed by atoms with Crippen LogP contribution in [0.1, 0.15) is 50.7 Å². The Morgan fingerprint density at radius 1 is 1.32 bits per heavy atom. The van der Waals surface area contributed by atoms with Gasteiger partial charge in [-0.25, -0.2) is 0 Å². The van der Waals surface area contributed by atoms with Crippen LogP contribution < -0.4 is 5.32 Å². The predicted molar refractivity (Wildman–Crippen MR) is 88.7 cm³/mol. The molecule has 1 fully saturated rings. The summed E-state index contributed by atoms with van der Waals surface area (Å²) in [5, 5.41) is 13.7. The molecule has 0 spiro atoms. The molecule has 0 aliphatic carbocycles. The fourth-order valence-corrected chi connectivity index (χ4v) is 2.94. The fraction of sp³-hybridized carbons (Fsp3) is 0.611. The highest BCUT2D eigenvalue weighted by atomic mass is 16.3. The molecule has 1 aliphatic heterocycles. The molecule has 1 unspecified atom stereocenters. The van der Waals surface area contributed by atoms with E-state index in [1.165, 1.54) is 5.56 Å². The van der Waals surface area contributed by atoms with E-state index in [1.54, 1.807) is 4.90 Å². The number of likely N-dealkylation sites (tertiary alicyclic amines) is 1. The average Bonchev–Trinajstić information content (AvgIpc) is 2.51. The van der Waals surface area contributed by atoms with E-state index in [1.807, 2.05) is 6.92 Å². The summed E-state index contributed by atoms with van der Waals surface area (Å²) in [4.78, 5) is 14.4. The summed E-state index contributed by atoms with van der Waals surface area (Å²) in [5.74, 6) is 0.364. The van der Waals surface area contributed by atoms with Crippen LogP contribution in [-0.4, -0.2) is 41.1 Å². The molecule has 0 saturated carbocycles. The summed E-state index contributed by atoms with van der Waals surface area (Å²) in [7, 11) is 0. The Morgan fingerprint density at radius 3 is 2.59 bits per heavy atom. The molecule has 2 N–H and O–H groups in total. The number of amides is 1. The van der Waals surface area contributed by atoms with Crippen LogP contribution in [0.25, 0.3) is 0 Å². The van der Waals surface area contributed by atoms with Crippen LogP contribution in [0.5, 0.6) is 0 Å². The van der Waals surface area contributed by atoms with Gasteiger partial charge in [0.2, 0.25) is 0 Å². The molecule has 1 amide bonds. The molecular weight excluding hydrogens is 276 g/mol. The van der Waals surface area contributed by atoms with E-state index in [-0.39, 0.29) is 5.91 Å². The third-order valence-corrected chi connectivity index (χ3v) is 4.39. The Bertz CT molecular complexity index is 498. The molecule has 4 heteroatoms. The first-order valence-corrected chi connectivity index (χ1v) is 8.27. The van der Waals surface area contributed by atoms with E-state index in [0.717, 1.165) is 25.1 Å². The number of aliphatic hydroxyl groups is 1. The van der Waals surface area contributed by atoms with Gasteiger partial charge in [-0.2, -0.15) is 0 Å². The lowest BCUT2D eigenvalue weighted by Crippen LogP contribution is -2.57. The highest BCUT2D eigenvalue weighted by molar-refractivity contribution is 5.86.